The van der Waals surface area contributed by atoms with E-state index >= 15 is 0 Å². The molecule has 5 rings (SSSR count). The van der Waals surface area contributed by atoms with Gasteiger partial charge in [-0.2, -0.15) is 13.2 Å². The maximum atomic E-state index is 14.9. The standard InChI is InChI=1S/C26H24F4N4O2/c1-14(35)15-6-8-34(9-7-15)17-11-20(27)23-21(12-17)32-25(33-23)22-10-16(13-31-22)24(36)18-4-2-3-5-19(18)26(28,29)30/h2-5,10-15,31,35H,6-9H2,1H3,(H,32,33)/t14-/m1/s1. The number of H-pyrrole nitrogens is 2. The van der Waals surface area contributed by atoms with Crippen LogP contribution in [0.15, 0.2) is 48.7 Å². The number of hydrogen-bond donors (Lipinski definition) is 3. The minimum absolute atomic E-state index is 0.0318. The largest absolute Gasteiger partial charge is 0.417 e. The molecule has 0 bridgehead atoms. The van der Waals surface area contributed by atoms with E-state index in [1.54, 1.807) is 13.0 Å². The van der Waals surface area contributed by atoms with Crippen molar-refractivity contribution in [2.45, 2.75) is 32.0 Å². The SMILES string of the molecule is C[C@@H](O)C1CCN(c2cc(F)c3nc(-c4cc(C(=O)c5ccccc5C(F)(F)F)c[nH]4)[nH]c3c2)CC1. The third kappa shape index (κ3) is 4.48. The number of carbonyl (C=O) groups excluding carboxylic acids is 1. The molecule has 6 nitrogen and oxygen atoms in total. The summed E-state index contributed by atoms with van der Waals surface area (Å²) in [6.07, 6.45) is -2.11. The lowest BCUT2D eigenvalue weighted by molar-refractivity contribution is -0.137. The van der Waals surface area contributed by atoms with E-state index in [4.69, 9.17) is 0 Å². The van der Waals surface area contributed by atoms with Gasteiger partial charge in [0, 0.05) is 36.1 Å². The summed E-state index contributed by atoms with van der Waals surface area (Å²) in [5.41, 5.74) is 0.205. The van der Waals surface area contributed by atoms with Crippen LogP contribution >= 0.6 is 0 Å². The number of imidazole rings is 1. The highest BCUT2D eigenvalue weighted by molar-refractivity contribution is 6.10. The number of aromatic amines is 2. The first-order chi connectivity index (χ1) is 17.1. The molecule has 3 N–H and O–H groups in total. The molecular formula is C26H24F4N4O2. The molecule has 1 saturated heterocycles. The van der Waals surface area contributed by atoms with Crippen LogP contribution in [0.25, 0.3) is 22.6 Å². The Morgan fingerprint density at radius 2 is 1.89 bits per heavy atom. The van der Waals surface area contributed by atoms with Crippen LogP contribution in [0.1, 0.15) is 41.3 Å². The smallest absolute Gasteiger partial charge is 0.393 e. The van der Waals surface area contributed by atoms with Crippen molar-refractivity contribution >= 4 is 22.5 Å². The van der Waals surface area contributed by atoms with E-state index in [1.807, 2.05) is 0 Å². The summed E-state index contributed by atoms with van der Waals surface area (Å²) in [5, 5.41) is 9.81. The van der Waals surface area contributed by atoms with Gasteiger partial charge in [-0.1, -0.05) is 18.2 Å². The number of aliphatic hydroxyl groups excluding tert-OH is 1. The molecule has 0 aliphatic carbocycles. The van der Waals surface area contributed by atoms with Crippen LogP contribution in [0.2, 0.25) is 0 Å². The van der Waals surface area contributed by atoms with E-state index in [1.165, 1.54) is 30.5 Å². The Morgan fingerprint density at radius 1 is 1.17 bits per heavy atom. The lowest BCUT2D eigenvalue weighted by Crippen LogP contribution is -2.37. The van der Waals surface area contributed by atoms with Gasteiger partial charge in [-0.25, -0.2) is 9.37 Å². The third-order valence-corrected chi connectivity index (χ3v) is 6.79. The first kappa shape index (κ1) is 24.1. The van der Waals surface area contributed by atoms with Gasteiger partial charge < -0.3 is 20.0 Å². The van der Waals surface area contributed by atoms with Crippen LogP contribution in [0.3, 0.4) is 0 Å². The molecule has 1 aliphatic rings. The summed E-state index contributed by atoms with van der Waals surface area (Å²) in [6, 6.07) is 9.23. The average Bonchev–Trinajstić information content (AvgIpc) is 3.51. The number of anilines is 1. The minimum Gasteiger partial charge on any atom is -0.393 e. The van der Waals surface area contributed by atoms with Crippen LogP contribution in [-0.4, -0.2) is 45.0 Å². The lowest BCUT2D eigenvalue weighted by atomic mass is 9.92. The van der Waals surface area contributed by atoms with Crippen molar-refractivity contribution in [1.29, 1.82) is 0 Å². The molecule has 10 heteroatoms. The number of fused-ring (bicyclic) bond motifs is 1. The van der Waals surface area contributed by atoms with E-state index in [0.717, 1.165) is 25.0 Å². The van der Waals surface area contributed by atoms with Gasteiger partial charge in [-0.05, 0) is 49.9 Å². The minimum atomic E-state index is -4.66. The highest BCUT2D eigenvalue weighted by Crippen LogP contribution is 2.34. The molecule has 4 aromatic rings. The fourth-order valence-electron chi connectivity index (χ4n) is 4.76. The normalized spacial score (nSPS) is 16.0. The molecule has 2 aromatic carbocycles. The van der Waals surface area contributed by atoms with Gasteiger partial charge in [0.15, 0.2) is 17.4 Å². The summed E-state index contributed by atoms with van der Waals surface area (Å²) < 4.78 is 55.0. The zero-order valence-electron chi connectivity index (χ0n) is 19.4. The molecule has 1 atom stereocenters. The van der Waals surface area contributed by atoms with Crippen LogP contribution in [0.5, 0.6) is 0 Å². The Balaban J connectivity index is 1.41. The molecule has 0 amide bonds. The molecule has 0 radical (unpaired) electrons. The molecule has 0 unspecified atom stereocenters. The van der Waals surface area contributed by atoms with E-state index in [2.05, 4.69) is 19.9 Å². The van der Waals surface area contributed by atoms with Gasteiger partial charge in [0.25, 0.3) is 0 Å². The Labute approximate surface area is 204 Å². The number of halogens is 4. The Bertz CT molecular complexity index is 1420. The molecule has 3 heterocycles. The van der Waals surface area contributed by atoms with Crippen molar-refractivity contribution in [3.05, 3.63) is 71.2 Å². The molecular weight excluding hydrogens is 476 g/mol. The Morgan fingerprint density at radius 3 is 2.58 bits per heavy atom. The number of nitrogens with zero attached hydrogens (tertiary/aromatic N) is 2. The second-order valence-corrected chi connectivity index (χ2v) is 9.15. The molecule has 0 spiro atoms. The topological polar surface area (TPSA) is 85.0 Å². The summed E-state index contributed by atoms with van der Waals surface area (Å²) >= 11 is 0. The van der Waals surface area contributed by atoms with Crippen molar-refractivity contribution in [1.82, 2.24) is 15.0 Å². The van der Waals surface area contributed by atoms with Crippen LogP contribution in [-0.2, 0) is 6.18 Å². The number of benzene rings is 2. The fourth-order valence-corrected chi connectivity index (χ4v) is 4.76. The molecule has 1 fully saturated rings. The number of piperidine rings is 1. The van der Waals surface area contributed by atoms with Crippen molar-refractivity contribution in [3.63, 3.8) is 0 Å². The predicted octanol–water partition coefficient (Wildman–Crippen LogP) is 5.54. The quantitative estimate of drug-likeness (QED) is 0.248. The second kappa shape index (κ2) is 9.09. The van der Waals surface area contributed by atoms with Gasteiger partial charge in [0.2, 0.25) is 0 Å². The Kier molecular flexibility index (Phi) is 6.07. The number of ketones is 1. The molecule has 36 heavy (non-hydrogen) atoms. The highest BCUT2D eigenvalue weighted by Gasteiger charge is 2.35. The summed E-state index contributed by atoms with van der Waals surface area (Å²) in [6.45, 7) is 3.18. The van der Waals surface area contributed by atoms with Crippen LogP contribution < -0.4 is 4.90 Å². The van der Waals surface area contributed by atoms with Crippen LogP contribution in [0, 0.1) is 11.7 Å². The Hall–Kier alpha value is -3.66. The number of rotatable bonds is 5. The lowest BCUT2D eigenvalue weighted by Gasteiger charge is -2.34. The van der Waals surface area contributed by atoms with Crippen molar-refractivity contribution < 1.29 is 27.5 Å². The van der Waals surface area contributed by atoms with Gasteiger partial charge in [-0.3, -0.25) is 4.79 Å². The van der Waals surface area contributed by atoms with Crippen molar-refractivity contribution in [3.8, 4) is 11.5 Å². The summed E-state index contributed by atoms with van der Waals surface area (Å²) in [4.78, 5) is 25.1. The first-order valence-corrected chi connectivity index (χ1v) is 11.6. The maximum Gasteiger partial charge on any atom is 0.417 e. The van der Waals surface area contributed by atoms with Crippen molar-refractivity contribution in [2.24, 2.45) is 5.92 Å². The molecule has 2 aromatic heterocycles. The highest BCUT2D eigenvalue weighted by atomic mass is 19.4. The maximum absolute atomic E-state index is 14.9. The van der Waals surface area contributed by atoms with E-state index in [0.29, 0.717) is 30.0 Å². The van der Waals surface area contributed by atoms with E-state index in [9.17, 15) is 27.5 Å². The number of carbonyl (C=O) groups is 1. The summed E-state index contributed by atoms with van der Waals surface area (Å²) in [7, 11) is 0. The van der Waals surface area contributed by atoms with Gasteiger partial charge in [0.05, 0.1) is 22.9 Å². The van der Waals surface area contributed by atoms with E-state index < -0.39 is 28.9 Å². The number of alkyl halides is 3. The number of hydrogen-bond acceptors (Lipinski definition) is 4. The van der Waals surface area contributed by atoms with Crippen LogP contribution in [0.4, 0.5) is 23.2 Å². The molecule has 1 aliphatic heterocycles. The molecule has 0 saturated carbocycles. The van der Waals surface area contributed by atoms with E-state index in [-0.39, 0.29) is 28.9 Å². The number of aromatic nitrogens is 3. The second-order valence-electron chi connectivity index (χ2n) is 9.15. The summed E-state index contributed by atoms with van der Waals surface area (Å²) in [5.74, 6) is -0.807. The van der Waals surface area contributed by atoms with Gasteiger partial charge >= 0.3 is 6.18 Å². The monoisotopic (exact) mass is 500 g/mol. The third-order valence-electron chi connectivity index (χ3n) is 6.79. The number of aliphatic hydroxyl groups is 1. The van der Waals surface area contributed by atoms with Gasteiger partial charge in [0.1, 0.15) is 5.52 Å². The zero-order valence-corrected chi connectivity index (χ0v) is 19.4. The predicted molar refractivity (Wildman–Crippen MR) is 127 cm³/mol. The van der Waals surface area contributed by atoms with Crippen molar-refractivity contribution in [2.75, 3.05) is 18.0 Å². The molecule has 188 valence electrons. The average molecular weight is 500 g/mol. The zero-order chi connectivity index (χ0) is 25.6. The number of nitrogens with one attached hydrogen (secondary N) is 2. The fraction of sp³-hybridized carbons (Fsp3) is 0.308. The van der Waals surface area contributed by atoms with Gasteiger partial charge in [-0.15, -0.1) is 0 Å². The first-order valence-electron chi connectivity index (χ1n) is 11.6.